The molecule has 2 aliphatic rings. The molecule has 2 heterocycles. The van der Waals surface area contributed by atoms with E-state index in [9.17, 15) is 0 Å². The second-order valence-corrected chi connectivity index (χ2v) is 16.7. The summed E-state index contributed by atoms with van der Waals surface area (Å²) in [5.74, 6) is 1.75. The summed E-state index contributed by atoms with van der Waals surface area (Å²) in [5.41, 5.74) is 18.4. The SMILES string of the molecule is c1ccc(-c2ccccc2-c2ccccc2-c2ccccc2N(c2ccc3c(c2)C2(c4ccccc4Oc4ccccc42)c2ccccc2-3)c2cccc3oc4ccccc4c23)cc1. The van der Waals surface area contributed by atoms with E-state index < -0.39 is 5.41 Å². The third-order valence-electron chi connectivity index (χ3n) is 13.4. The number of furan rings is 1. The van der Waals surface area contributed by atoms with Crippen LogP contribution in [0.15, 0.2) is 241 Å². The van der Waals surface area contributed by atoms with Gasteiger partial charge in [0.25, 0.3) is 0 Å². The summed E-state index contributed by atoms with van der Waals surface area (Å²) >= 11 is 0. The molecule has 1 aliphatic carbocycles. The second kappa shape index (κ2) is 14.3. The lowest BCUT2D eigenvalue weighted by molar-refractivity contribution is 0.436. The molecule has 10 aromatic carbocycles. The topological polar surface area (TPSA) is 25.6 Å². The van der Waals surface area contributed by atoms with Gasteiger partial charge in [0.1, 0.15) is 22.7 Å². The molecular weight excluding hydrogens is 779 g/mol. The molecule has 0 fully saturated rings. The maximum Gasteiger partial charge on any atom is 0.137 e. The molecule has 1 spiro atoms. The van der Waals surface area contributed by atoms with Gasteiger partial charge in [-0.1, -0.05) is 188 Å². The number of rotatable bonds is 6. The van der Waals surface area contributed by atoms with Crippen molar-refractivity contribution in [3.8, 4) is 56.0 Å². The van der Waals surface area contributed by atoms with Gasteiger partial charge in [0.2, 0.25) is 0 Å². The van der Waals surface area contributed by atoms with Crippen molar-refractivity contribution in [2.45, 2.75) is 5.41 Å². The van der Waals surface area contributed by atoms with Crippen LogP contribution in [0.1, 0.15) is 22.3 Å². The van der Waals surface area contributed by atoms with Crippen LogP contribution >= 0.6 is 0 Å². The average molecular weight is 818 g/mol. The zero-order valence-corrected chi connectivity index (χ0v) is 34.8. The van der Waals surface area contributed by atoms with Crippen LogP contribution in [-0.2, 0) is 5.41 Å². The third kappa shape index (κ3) is 5.28. The molecule has 0 saturated carbocycles. The predicted molar refractivity (Wildman–Crippen MR) is 262 cm³/mol. The van der Waals surface area contributed by atoms with Gasteiger partial charge in [-0.3, -0.25) is 0 Å². The predicted octanol–water partition coefficient (Wildman–Crippen LogP) is 16.5. The van der Waals surface area contributed by atoms with E-state index in [4.69, 9.17) is 9.15 Å². The quantitative estimate of drug-likeness (QED) is 0.167. The zero-order valence-electron chi connectivity index (χ0n) is 34.8. The highest BCUT2D eigenvalue weighted by atomic mass is 16.5. The van der Waals surface area contributed by atoms with Crippen LogP contribution in [-0.4, -0.2) is 0 Å². The Kier molecular flexibility index (Phi) is 8.13. The lowest BCUT2D eigenvalue weighted by Crippen LogP contribution is -2.32. The van der Waals surface area contributed by atoms with Gasteiger partial charge in [-0.25, -0.2) is 0 Å². The largest absolute Gasteiger partial charge is 0.457 e. The van der Waals surface area contributed by atoms with Gasteiger partial charge in [0.05, 0.1) is 22.2 Å². The van der Waals surface area contributed by atoms with Crippen LogP contribution < -0.4 is 9.64 Å². The van der Waals surface area contributed by atoms with E-state index in [2.05, 4.69) is 235 Å². The highest BCUT2D eigenvalue weighted by Gasteiger charge is 2.51. The fourth-order valence-electron chi connectivity index (χ4n) is 10.8. The van der Waals surface area contributed by atoms with E-state index in [0.717, 1.165) is 72.8 Å². The van der Waals surface area contributed by atoms with E-state index in [0.29, 0.717) is 0 Å². The number of ether oxygens (including phenoxy) is 1. The molecule has 3 heteroatoms. The molecule has 0 saturated heterocycles. The van der Waals surface area contributed by atoms with Gasteiger partial charge in [0.15, 0.2) is 0 Å². The molecule has 3 nitrogen and oxygen atoms in total. The van der Waals surface area contributed by atoms with Gasteiger partial charge < -0.3 is 14.1 Å². The Bertz CT molecular complexity index is 3570. The molecule has 13 rings (SSSR count). The first-order valence-corrected chi connectivity index (χ1v) is 21.9. The first-order valence-electron chi connectivity index (χ1n) is 21.9. The van der Waals surface area contributed by atoms with E-state index in [1.54, 1.807) is 0 Å². The molecular formula is C61H39NO2. The van der Waals surface area contributed by atoms with E-state index in [-0.39, 0.29) is 0 Å². The molecule has 1 aromatic heterocycles. The summed E-state index contributed by atoms with van der Waals surface area (Å²) < 4.78 is 13.3. The molecule has 11 aromatic rings. The van der Waals surface area contributed by atoms with E-state index in [1.165, 1.54) is 44.5 Å². The van der Waals surface area contributed by atoms with Crippen molar-refractivity contribution in [3.63, 3.8) is 0 Å². The minimum Gasteiger partial charge on any atom is -0.457 e. The third-order valence-corrected chi connectivity index (χ3v) is 13.4. The molecule has 0 radical (unpaired) electrons. The van der Waals surface area contributed by atoms with Gasteiger partial charge >= 0.3 is 0 Å². The fourth-order valence-corrected chi connectivity index (χ4v) is 10.8. The fraction of sp³-hybridized carbons (Fsp3) is 0.0164. The van der Waals surface area contributed by atoms with E-state index >= 15 is 0 Å². The Labute approximate surface area is 371 Å². The smallest absolute Gasteiger partial charge is 0.137 e. The number of hydrogen-bond donors (Lipinski definition) is 0. The molecule has 0 atom stereocenters. The highest BCUT2D eigenvalue weighted by molar-refractivity contribution is 6.14. The summed E-state index contributed by atoms with van der Waals surface area (Å²) in [7, 11) is 0. The van der Waals surface area contributed by atoms with E-state index in [1.807, 2.05) is 6.07 Å². The Morgan fingerprint density at radius 1 is 0.328 bits per heavy atom. The first-order chi connectivity index (χ1) is 31.8. The lowest BCUT2D eigenvalue weighted by atomic mass is 9.66. The molecule has 1 aliphatic heterocycles. The average Bonchev–Trinajstić information content (AvgIpc) is 3.89. The van der Waals surface area contributed by atoms with Crippen molar-refractivity contribution >= 4 is 39.0 Å². The van der Waals surface area contributed by atoms with Crippen LogP contribution in [0.25, 0.3) is 66.4 Å². The van der Waals surface area contributed by atoms with Crippen molar-refractivity contribution in [2.75, 3.05) is 4.90 Å². The summed E-state index contributed by atoms with van der Waals surface area (Å²) in [4.78, 5) is 2.47. The van der Waals surface area contributed by atoms with Crippen LogP contribution in [0, 0.1) is 0 Å². The van der Waals surface area contributed by atoms with Crippen molar-refractivity contribution in [1.29, 1.82) is 0 Å². The summed E-state index contributed by atoms with van der Waals surface area (Å²) in [6, 6.07) is 85.2. The number of para-hydroxylation sites is 4. The monoisotopic (exact) mass is 817 g/mol. The molecule has 300 valence electrons. The van der Waals surface area contributed by atoms with Crippen LogP contribution in [0.5, 0.6) is 11.5 Å². The van der Waals surface area contributed by atoms with Crippen LogP contribution in [0.2, 0.25) is 0 Å². The molecule has 64 heavy (non-hydrogen) atoms. The van der Waals surface area contributed by atoms with Crippen molar-refractivity contribution in [3.05, 3.63) is 259 Å². The Morgan fingerprint density at radius 2 is 0.844 bits per heavy atom. The minimum absolute atomic E-state index is 0.624. The van der Waals surface area contributed by atoms with Crippen LogP contribution in [0.3, 0.4) is 0 Å². The van der Waals surface area contributed by atoms with Gasteiger partial charge in [0, 0.05) is 27.8 Å². The highest BCUT2D eigenvalue weighted by Crippen LogP contribution is 2.63. The molecule has 0 bridgehead atoms. The number of nitrogens with zero attached hydrogens (tertiary/aromatic N) is 1. The summed E-state index contributed by atoms with van der Waals surface area (Å²) in [5, 5.41) is 2.14. The van der Waals surface area contributed by atoms with Crippen LogP contribution in [0.4, 0.5) is 17.1 Å². The van der Waals surface area contributed by atoms with Gasteiger partial charge in [-0.05, 0) is 98.6 Å². The maximum atomic E-state index is 6.72. The Hall–Kier alpha value is -8.40. The van der Waals surface area contributed by atoms with Gasteiger partial charge in [-0.15, -0.1) is 0 Å². The molecule has 0 amide bonds. The minimum atomic E-state index is -0.624. The van der Waals surface area contributed by atoms with Crippen molar-refractivity contribution in [2.24, 2.45) is 0 Å². The van der Waals surface area contributed by atoms with Gasteiger partial charge in [-0.2, -0.15) is 0 Å². The number of hydrogen-bond acceptors (Lipinski definition) is 3. The molecule has 0 unspecified atom stereocenters. The number of benzene rings is 10. The number of fused-ring (bicyclic) bond motifs is 12. The lowest BCUT2D eigenvalue weighted by Gasteiger charge is -2.39. The Balaban J connectivity index is 1.11. The summed E-state index contributed by atoms with van der Waals surface area (Å²) in [6.45, 7) is 0. The zero-order chi connectivity index (χ0) is 42.2. The summed E-state index contributed by atoms with van der Waals surface area (Å²) in [6.07, 6.45) is 0. The molecule has 0 N–H and O–H groups in total. The Morgan fingerprint density at radius 3 is 1.59 bits per heavy atom. The maximum absolute atomic E-state index is 6.72. The van der Waals surface area contributed by atoms with Crippen molar-refractivity contribution < 1.29 is 9.15 Å². The first kappa shape index (κ1) is 36.3. The van der Waals surface area contributed by atoms with Crippen molar-refractivity contribution in [1.82, 2.24) is 0 Å². The number of anilines is 3. The normalized spacial score (nSPS) is 12.9. The second-order valence-electron chi connectivity index (χ2n) is 16.7. The standard InChI is InChI=1S/C61H39NO2/c1-2-19-40(20-3-1)42-21-4-5-22-43(42)44-23-6-7-24-45(44)48-26-9-14-31-54(48)62(55-32-18-36-59-60(55)49-27-10-15-33-56(49)63-59)41-37-38-47-46-25-8-11-28-50(46)61(53(47)39-41)51-29-12-16-34-57(51)64-58-35-17-13-30-52(58)61/h1-39H.